The van der Waals surface area contributed by atoms with Gasteiger partial charge in [-0.25, -0.2) is 9.18 Å². The SMILES string of the molecule is CCCn1ccn(Cc2cc(F)cc(Br)c2)c1=O. The van der Waals surface area contributed by atoms with Crippen LogP contribution in [0.4, 0.5) is 4.39 Å². The van der Waals surface area contributed by atoms with Crippen molar-refractivity contribution in [1.82, 2.24) is 9.13 Å². The third kappa shape index (κ3) is 2.90. The van der Waals surface area contributed by atoms with Gasteiger partial charge in [0.05, 0.1) is 6.54 Å². The lowest BCUT2D eigenvalue weighted by atomic mass is 10.2. The Hall–Kier alpha value is -1.36. The summed E-state index contributed by atoms with van der Waals surface area (Å²) in [4.78, 5) is 12.0. The molecule has 0 aliphatic rings. The molecule has 0 N–H and O–H groups in total. The highest BCUT2D eigenvalue weighted by atomic mass is 79.9. The van der Waals surface area contributed by atoms with Gasteiger partial charge in [-0.1, -0.05) is 22.9 Å². The Morgan fingerprint density at radius 1 is 1.22 bits per heavy atom. The largest absolute Gasteiger partial charge is 0.328 e. The van der Waals surface area contributed by atoms with Gasteiger partial charge in [0, 0.05) is 23.4 Å². The Labute approximate surface area is 113 Å². The second-order valence-corrected chi connectivity index (χ2v) is 5.10. The molecular weight excluding hydrogens is 299 g/mol. The summed E-state index contributed by atoms with van der Waals surface area (Å²) >= 11 is 3.24. The average Bonchev–Trinajstić information content (AvgIpc) is 2.61. The Morgan fingerprint density at radius 2 is 1.94 bits per heavy atom. The van der Waals surface area contributed by atoms with E-state index in [1.165, 1.54) is 12.1 Å². The number of aryl methyl sites for hydroxylation is 1. The van der Waals surface area contributed by atoms with Crippen LogP contribution in [0.3, 0.4) is 0 Å². The van der Waals surface area contributed by atoms with Crippen molar-refractivity contribution in [2.45, 2.75) is 26.4 Å². The summed E-state index contributed by atoms with van der Waals surface area (Å²) in [6.45, 7) is 3.11. The second kappa shape index (κ2) is 5.52. The van der Waals surface area contributed by atoms with Crippen LogP contribution in [0.1, 0.15) is 18.9 Å². The number of nitrogens with zero attached hydrogens (tertiary/aromatic N) is 2. The van der Waals surface area contributed by atoms with E-state index in [1.54, 1.807) is 21.5 Å². The molecule has 18 heavy (non-hydrogen) atoms. The lowest BCUT2D eigenvalue weighted by Crippen LogP contribution is -2.24. The summed E-state index contributed by atoms with van der Waals surface area (Å²) in [5.41, 5.74) is 0.704. The predicted molar refractivity (Wildman–Crippen MR) is 72.2 cm³/mol. The molecule has 5 heteroatoms. The van der Waals surface area contributed by atoms with Crippen LogP contribution in [0.5, 0.6) is 0 Å². The molecule has 1 heterocycles. The molecule has 0 atom stereocenters. The van der Waals surface area contributed by atoms with Crippen LogP contribution in [0.25, 0.3) is 0 Å². The molecule has 0 spiro atoms. The van der Waals surface area contributed by atoms with Gasteiger partial charge < -0.3 is 0 Å². The molecule has 0 saturated carbocycles. The van der Waals surface area contributed by atoms with E-state index in [-0.39, 0.29) is 11.5 Å². The molecule has 0 saturated heterocycles. The van der Waals surface area contributed by atoms with E-state index in [0.717, 1.165) is 12.0 Å². The quantitative estimate of drug-likeness (QED) is 0.852. The Kier molecular flexibility index (Phi) is 4.01. The van der Waals surface area contributed by atoms with Gasteiger partial charge in [-0.2, -0.15) is 0 Å². The number of hydrogen-bond acceptors (Lipinski definition) is 1. The fraction of sp³-hybridized carbons (Fsp3) is 0.308. The first-order valence-corrected chi connectivity index (χ1v) is 6.60. The molecule has 2 aromatic rings. The molecule has 0 bridgehead atoms. The molecule has 0 unspecified atom stereocenters. The summed E-state index contributed by atoms with van der Waals surface area (Å²) in [6, 6.07) is 4.65. The highest BCUT2D eigenvalue weighted by Crippen LogP contribution is 2.15. The van der Waals surface area contributed by atoms with Crippen LogP contribution in [0.15, 0.2) is 39.9 Å². The molecule has 0 amide bonds. The van der Waals surface area contributed by atoms with Crippen molar-refractivity contribution in [2.24, 2.45) is 0 Å². The normalized spacial score (nSPS) is 10.8. The summed E-state index contributed by atoms with van der Waals surface area (Å²) in [5, 5.41) is 0. The fourth-order valence-corrected chi connectivity index (χ4v) is 2.40. The minimum Gasteiger partial charge on any atom is -0.299 e. The van der Waals surface area contributed by atoms with Crippen LogP contribution in [0.2, 0.25) is 0 Å². The lowest BCUT2D eigenvalue weighted by molar-refractivity contribution is 0.612. The average molecular weight is 313 g/mol. The Balaban J connectivity index is 2.26. The van der Waals surface area contributed by atoms with E-state index in [1.807, 2.05) is 13.0 Å². The molecule has 0 fully saturated rings. The van der Waals surface area contributed by atoms with Crippen LogP contribution < -0.4 is 5.69 Å². The van der Waals surface area contributed by atoms with Gasteiger partial charge in [-0.15, -0.1) is 0 Å². The van der Waals surface area contributed by atoms with Crippen molar-refractivity contribution in [3.05, 3.63) is 56.9 Å². The first-order chi connectivity index (χ1) is 8.60. The van der Waals surface area contributed by atoms with Gasteiger partial charge in [0.25, 0.3) is 0 Å². The van der Waals surface area contributed by atoms with Gasteiger partial charge in [-0.05, 0) is 30.2 Å². The molecule has 2 rings (SSSR count). The van der Waals surface area contributed by atoms with E-state index in [9.17, 15) is 9.18 Å². The zero-order chi connectivity index (χ0) is 13.1. The maximum atomic E-state index is 13.2. The van der Waals surface area contributed by atoms with E-state index in [4.69, 9.17) is 0 Å². The molecule has 1 aromatic heterocycles. The van der Waals surface area contributed by atoms with Gasteiger partial charge in [0.2, 0.25) is 0 Å². The smallest absolute Gasteiger partial charge is 0.299 e. The van der Waals surface area contributed by atoms with E-state index in [2.05, 4.69) is 15.9 Å². The number of benzene rings is 1. The Morgan fingerprint density at radius 3 is 2.61 bits per heavy atom. The first-order valence-electron chi connectivity index (χ1n) is 5.80. The zero-order valence-corrected chi connectivity index (χ0v) is 11.7. The molecule has 0 aliphatic heterocycles. The molecule has 1 aromatic carbocycles. The maximum absolute atomic E-state index is 13.2. The summed E-state index contributed by atoms with van der Waals surface area (Å²) in [5.74, 6) is -0.305. The molecule has 96 valence electrons. The molecular formula is C13H14BrFN2O. The van der Waals surface area contributed by atoms with Crippen molar-refractivity contribution in [3.8, 4) is 0 Å². The van der Waals surface area contributed by atoms with Crippen molar-refractivity contribution in [1.29, 1.82) is 0 Å². The van der Waals surface area contributed by atoms with Crippen LogP contribution in [-0.4, -0.2) is 9.13 Å². The summed E-state index contributed by atoms with van der Waals surface area (Å²) < 4.78 is 17.2. The molecule has 0 radical (unpaired) electrons. The number of imidazole rings is 1. The number of hydrogen-bond donors (Lipinski definition) is 0. The third-order valence-electron chi connectivity index (χ3n) is 2.66. The molecule has 0 aliphatic carbocycles. The third-order valence-corrected chi connectivity index (χ3v) is 3.12. The van der Waals surface area contributed by atoms with Crippen molar-refractivity contribution >= 4 is 15.9 Å². The fourth-order valence-electron chi connectivity index (χ4n) is 1.88. The van der Waals surface area contributed by atoms with Gasteiger partial charge in [0.1, 0.15) is 5.82 Å². The summed E-state index contributed by atoms with van der Waals surface area (Å²) in [7, 11) is 0. The van der Waals surface area contributed by atoms with Crippen molar-refractivity contribution in [2.75, 3.05) is 0 Å². The van der Waals surface area contributed by atoms with Gasteiger partial charge >= 0.3 is 5.69 Å². The van der Waals surface area contributed by atoms with Crippen LogP contribution in [-0.2, 0) is 13.1 Å². The van der Waals surface area contributed by atoms with E-state index >= 15 is 0 Å². The first kappa shape index (κ1) is 13.1. The predicted octanol–water partition coefficient (Wildman–Crippen LogP) is 3.01. The van der Waals surface area contributed by atoms with E-state index in [0.29, 0.717) is 17.6 Å². The standard InChI is InChI=1S/C13H14BrFN2O/c1-2-3-16-4-5-17(13(16)18)9-10-6-11(14)8-12(15)7-10/h4-8H,2-3,9H2,1H3. The van der Waals surface area contributed by atoms with Gasteiger partial charge in [-0.3, -0.25) is 9.13 Å². The highest BCUT2D eigenvalue weighted by Gasteiger charge is 2.05. The highest BCUT2D eigenvalue weighted by molar-refractivity contribution is 9.10. The maximum Gasteiger partial charge on any atom is 0.328 e. The van der Waals surface area contributed by atoms with Crippen molar-refractivity contribution in [3.63, 3.8) is 0 Å². The monoisotopic (exact) mass is 312 g/mol. The topological polar surface area (TPSA) is 26.9 Å². The number of aromatic nitrogens is 2. The lowest BCUT2D eigenvalue weighted by Gasteiger charge is -2.03. The molecule has 3 nitrogen and oxygen atoms in total. The number of halogens is 2. The Bertz CT molecular complexity index is 583. The van der Waals surface area contributed by atoms with Gasteiger partial charge in [0.15, 0.2) is 0 Å². The van der Waals surface area contributed by atoms with Crippen LogP contribution >= 0.6 is 15.9 Å². The second-order valence-electron chi connectivity index (χ2n) is 4.18. The number of rotatable bonds is 4. The minimum atomic E-state index is -0.305. The zero-order valence-electron chi connectivity index (χ0n) is 10.1. The summed E-state index contributed by atoms with van der Waals surface area (Å²) in [6.07, 6.45) is 4.41. The van der Waals surface area contributed by atoms with E-state index < -0.39 is 0 Å². The van der Waals surface area contributed by atoms with Crippen LogP contribution in [0, 0.1) is 5.82 Å². The van der Waals surface area contributed by atoms with Crippen molar-refractivity contribution < 1.29 is 4.39 Å². The minimum absolute atomic E-state index is 0.0581.